The van der Waals surface area contributed by atoms with Crippen LogP contribution in [0.15, 0.2) is 29.2 Å². The third-order valence-corrected chi connectivity index (χ3v) is 6.04. The molecule has 0 bridgehead atoms. The molecule has 1 aromatic rings. The number of carbonyl (C=O) groups is 1. The van der Waals surface area contributed by atoms with E-state index in [-0.39, 0.29) is 11.3 Å². The smallest absolute Gasteiger partial charge is 0.243 e. The molecular weight excluding hydrogens is 312 g/mol. The van der Waals surface area contributed by atoms with Crippen molar-refractivity contribution in [2.24, 2.45) is 5.41 Å². The van der Waals surface area contributed by atoms with Crippen molar-refractivity contribution in [1.82, 2.24) is 9.21 Å². The lowest BCUT2D eigenvalue weighted by Gasteiger charge is -2.35. The Balaban J connectivity index is 2.04. The second-order valence-electron chi connectivity index (χ2n) is 7.29. The lowest BCUT2D eigenvalue weighted by atomic mass is 9.91. The molecule has 1 aliphatic rings. The number of piperazine rings is 1. The number of hydrogen-bond donors (Lipinski definition) is 0. The van der Waals surface area contributed by atoms with Crippen molar-refractivity contribution >= 4 is 15.9 Å². The van der Waals surface area contributed by atoms with Crippen molar-refractivity contribution in [2.75, 3.05) is 26.2 Å². The van der Waals surface area contributed by atoms with Crippen molar-refractivity contribution in [1.29, 1.82) is 0 Å². The van der Waals surface area contributed by atoms with Crippen LogP contribution in [-0.2, 0) is 14.8 Å². The zero-order chi connectivity index (χ0) is 17.3. The number of carbonyl (C=O) groups excluding carboxylic acids is 1. The summed E-state index contributed by atoms with van der Waals surface area (Å²) in [6.45, 7) is 9.52. The summed E-state index contributed by atoms with van der Waals surface area (Å²) in [6.07, 6.45) is 0.484. The number of sulfonamides is 1. The molecule has 1 aliphatic heterocycles. The first-order valence-corrected chi connectivity index (χ1v) is 9.39. The number of nitrogens with zero attached hydrogens (tertiary/aromatic N) is 2. The molecule has 1 aromatic carbocycles. The van der Waals surface area contributed by atoms with Gasteiger partial charge in [0.15, 0.2) is 0 Å². The van der Waals surface area contributed by atoms with E-state index in [2.05, 4.69) is 0 Å². The topological polar surface area (TPSA) is 57.7 Å². The highest BCUT2D eigenvalue weighted by Crippen LogP contribution is 2.23. The Morgan fingerprint density at radius 1 is 1.09 bits per heavy atom. The largest absolute Gasteiger partial charge is 0.340 e. The van der Waals surface area contributed by atoms with Crippen molar-refractivity contribution in [3.05, 3.63) is 29.8 Å². The van der Waals surface area contributed by atoms with Crippen LogP contribution in [0.5, 0.6) is 0 Å². The van der Waals surface area contributed by atoms with E-state index in [0.717, 1.165) is 5.56 Å². The minimum atomic E-state index is -3.48. The van der Waals surface area contributed by atoms with Gasteiger partial charge in [-0.05, 0) is 24.0 Å². The molecule has 23 heavy (non-hydrogen) atoms. The second-order valence-corrected chi connectivity index (χ2v) is 9.19. The van der Waals surface area contributed by atoms with Gasteiger partial charge < -0.3 is 4.90 Å². The van der Waals surface area contributed by atoms with E-state index in [1.54, 1.807) is 30.0 Å². The quantitative estimate of drug-likeness (QED) is 0.849. The highest BCUT2D eigenvalue weighted by molar-refractivity contribution is 7.89. The average molecular weight is 338 g/mol. The summed E-state index contributed by atoms with van der Waals surface area (Å²) in [4.78, 5) is 14.4. The molecule has 0 N–H and O–H groups in total. The Kier molecular flexibility index (Phi) is 5.16. The van der Waals surface area contributed by atoms with Crippen LogP contribution in [-0.4, -0.2) is 49.7 Å². The molecule has 0 saturated carbocycles. The molecule has 5 nitrogen and oxygen atoms in total. The summed E-state index contributed by atoms with van der Waals surface area (Å²) in [7, 11) is -3.48. The molecular formula is C17H26N2O3S. The van der Waals surface area contributed by atoms with Crippen LogP contribution >= 0.6 is 0 Å². The summed E-state index contributed by atoms with van der Waals surface area (Å²) >= 11 is 0. The predicted molar refractivity (Wildman–Crippen MR) is 90.6 cm³/mol. The van der Waals surface area contributed by atoms with Gasteiger partial charge in [-0.25, -0.2) is 8.42 Å². The first-order chi connectivity index (χ1) is 10.6. The summed E-state index contributed by atoms with van der Waals surface area (Å²) in [5.41, 5.74) is 0.695. The van der Waals surface area contributed by atoms with Gasteiger partial charge in [0.05, 0.1) is 4.90 Å². The van der Waals surface area contributed by atoms with E-state index in [0.29, 0.717) is 37.5 Å². The van der Waals surface area contributed by atoms with Gasteiger partial charge in [-0.15, -0.1) is 0 Å². The Hall–Kier alpha value is -1.40. The van der Waals surface area contributed by atoms with E-state index < -0.39 is 10.0 Å². The van der Waals surface area contributed by atoms with Crippen molar-refractivity contribution < 1.29 is 13.2 Å². The van der Waals surface area contributed by atoms with E-state index >= 15 is 0 Å². The minimum Gasteiger partial charge on any atom is -0.340 e. The summed E-state index contributed by atoms with van der Waals surface area (Å²) in [5, 5.41) is 0. The standard InChI is InChI=1S/C17H26N2O3S/c1-14-7-5-6-8-15(14)23(21,22)19-11-9-18(10-12-19)16(20)13-17(2,3)4/h5-8H,9-13H2,1-4H3. The minimum absolute atomic E-state index is 0.0541. The van der Waals surface area contributed by atoms with Gasteiger partial charge in [0.25, 0.3) is 0 Å². The molecule has 128 valence electrons. The predicted octanol–water partition coefficient (Wildman–Crippen LogP) is 2.26. The van der Waals surface area contributed by atoms with Crippen LogP contribution in [0.4, 0.5) is 0 Å². The average Bonchev–Trinajstić information content (AvgIpc) is 2.46. The van der Waals surface area contributed by atoms with Crippen LogP contribution in [0.25, 0.3) is 0 Å². The Bertz CT molecular complexity index is 669. The van der Waals surface area contributed by atoms with Crippen molar-refractivity contribution in [2.45, 2.75) is 39.0 Å². The first-order valence-electron chi connectivity index (χ1n) is 7.95. The van der Waals surface area contributed by atoms with Crippen LogP contribution in [0.1, 0.15) is 32.8 Å². The third kappa shape index (κ3) is 4.32. The van der Waals surface area contributed by atoms with Crippen LogP contribution in [0.3, 0.4) is 0 Å². The van der Waals surface area contributed by atoms with Gasteiger partial charge in [-0.2, -0.15) is 4.31 Å². The molecule has 0 spiro atoms. The molecule has 0 aliphatic carbocycles. The van der Waals surface area contributed by atoms with Crippen LogP contribution in [0.2, 0.25) is 0 Å². The van der Waals surface area contributed by atoms with E-state index in [9.17, 15) is 13.2 Å². The van der Waals surface area contributed by atoms with Gasteiger partial charge in [0.2, 0.25) is 15.9 Å². The molecule has 0 unspecified atom stereocenters. The van der Waals surface area contributed by atoms with Crippen molar-refractivity contribution in [3.8, 4) is 0 Å². The van der Waals surface area contributed by atoms with Gasteiger partial charge in [0.1, 0.15) is 0 Å². The van der Waals surface area contributed by atoms with Crippen LogP contribution < -0.4 is 0 Å². The maximum atomic E-state index is 12.7. The molecule has 1 fully saturated rings. The van der Waals surface area contributed by atoms with E-state index in [1.807, 2.05) is 26.8 Å². The second kappa shape index (κ2) is 6.61. The molecule has 0 atom stereocenters. The van der Waals surface area contributed by atoms with Crippen LogP contribution in [0, 0.1) is 12.3 Å². The normalized spacial score (nSPS) is 17.3. The molecule has 1 saturated heterocycles. The molecule has 1 heterocycles. The van der Waals surface area contributed by atoms with Gasteiger partial charge in [-0.3, -0.25) is 4.79 Å². The van der Waals surface area contributed by atoms with Gasteiger partial charge >= 0.3 is 0 Å². The molecule has 2 rings (SSSR count). The highest BCUT2D eigenvalue weighted by Gasteiger charge is 2.31. The maximum absolute atomic E-state index is 12.7. The van der Waals surface area contributed by atoms with Gasteiger partial charge in [0, 0.05) is 32.6 Å². The lowest BCUT2D eigenvalue weighted by molar-refractivity contribution is -0.134. The molecule has 0 radical (unpaired) electrons. The van der Waals surface area contributed by atoms with Crippen molar-refractivity contribution in [3.63, 3.8) is 0 Å². The Morgan fingerprint density at radius 2 is 1.65 bits per heavy atom. The number of rotatable bonds is 3. The summed E-state index contributed by atoms with van der Waals surface area (Å²) in [6, 6.07) is 7.01. The lowest BCUT2D eigenvalue weighted by Crippen LogP contribution is -2.51. The fourth-order valence-electron chi connectivity index (χ4n) is 2.73. The Morgan fingerprint density at radius 3 is 2.17 bits per heavy atom. The zero-order valence-electron chi connectivity index (χ0n) is 14.4. The highest BCUT2D eigenvalue weighted by atomic mass is 32.2. The number of amides is 1. The fraction of sp³-hybridized carbons (Fsp3) is 0.588. The zero-order valence-corrected chi connectivity index (χ0v) is 15.2. The maximum Gasteiger partial charge on any atom is 0.243 e. The van der Waals surface area contributed by atoms with Gasteiger partial charge in [-0.1, -0.05) is 39.0 Å². The molecule has 6 heteroatoms. The summed E-state index contributed by atoms with van der Waals surface area (Å²) in [5.74, 6) is 0.102. The SMILES string of the molecule is Cc1ccccc1S(=O)(=O)N1CCN(C(=O)CC(C)(C)C)CC1. The van der Waals surface area contributed by atoms with E-state index in [4.69, 9.17) is 0 Å². The third-order valence-electron chi connectivity index (χ3n) is 3.98. The fourth-order valence-corrected chi connectivity index (χ4v) is 4.38. The Labute approximate surface area is 139 Å². The molecule has 1 amide bonds. The van der Waals surface area contributed by atoms with E-state index in [1.165, 1.54) is 4.31 Å². The number of benzene rings is 1. The molecule has 0 aromatic heterocycles. The first kappa shape index (κ1) is 17.9. The number of aryl methyl sites for hydroxylation is 1. The summed E-state index contributed by atoms with van der Waals surface area (Å²) < 4.78 is 27.0. The monoisotopic (exact) mass is 338 g/mol. The number of hydrogen-bond acceptors (Lipinski definition) is 3.